The summed E-state index contributed by atoms with van der Waals surface area (Å²) >= 11 is 0. The Labute approximate surface area is 118 Å². The molecule has 0 amide bonds. The van der Waals surface area contributed by atoms with Crippen molar-refractivity contribution in [2.75, 3.05) is 5.32 Å². The molecule has 0 atom stereocenters. The Hall–Kier alpha value is -2.62. The molecule has 0 bridgehead atoms. The summed E-state index contributed by atoms with van der Waals surface area (Å²) in [6.45, 7) is 0.755. The molecule has 4 nitrogen and oxygen atoms in total. The molecule has 3 rings (SSSR count). The topological polar surface area (TPSA) is 42.7 Å². The van der Waals surface area contributed by atoms with Crippen molar-refractivity contribution in [3.05, 3.63) is 66.6 Å². The highest BCUT2D eigenvalue weighted by molar-refractivity contribution is 5.62. The van der Waals surface area contributed by atoms with Crippen LogP contribution < -0.4 is 5.32 Å². The summed E-state index contributed by atoms with van der Waals surface area (Å²) in [7, 11) is 1.93. The van der Waals surface area contributed by atoms with E-state index in [4.69, 9.17) is 0 Å². The number of hydrogen-bond acceptors (Lipinski definition) is 3. The molecular weight excluding hydrogens is 248 g/mol. The van der Waals surface area contributed by atoms with E-state index in [1.165, 1.54) is 11.1 Å². The maximum Gasteiger partial charge on any atom is 0.126 e. The average Bonchev–Trinajstić information content (AvgIpc) is 2.93. The summed E-state index contributed by atoms with van der Waals surface area (Å²) < 4.78 is 1.81. The van der Waals surface area contributed by atoms with Crippen molar-refractivity contribution in [2.24, 2.45) is 7.05 Å². The highest BCUT2D eigenvalue weighted by atomic mass is 15.2. The van der Waals surface area contributed by atoms with Crippen LogP contribution >= 0.6 is 0 Å². The van der Waals surface area contributed by atoms with Crippen LogP contribution in [-0.4, -0.2) is 14.8 Å². The first-order valence-corrected chi connectivity index (χ1v) is 6.54. The molecule has 0 aliphatic carbocycles. The molecule has 0 fully saturated rings. The second kappa shape index (κ2) is 5.57. The maximum atomic E-state index is 4.25. The minimum atomic E-state index is 0.755. The van der Waals surface area contributed by atoms with E-state index in [-0.39, 0.29) is 0 Å². The zero-order valence-electron chi connectivity index (χ0n) is 11.3. The number of aryl methyl sites for hydroxylation is 1. The van der Waals surface area contributed by atoms with Crippen LogP contribution in [0.2, 0.25) is 0 Å². The highest BCUT2D eigenvalue weighted by Gasteiger charge is 2.01. The Morgan fingerprint density at radius 1 is 1.10 bits per heavy atom. The molecule has 1 N–H and O–H groups in total. The van der Waals surface area contributed by atoms with Gasteiger partial charge in [0.15, 0.2) is 0 Å². The zero-order chi connectivity index (χ0) is 13.8. The lowest BCUT2D eigenvalue weighted by molar-refractivity contribution is 0.768. The molecule has 0 radical (unpaired) electrons. The summed E-state index contributed by atoms with van der Waals surface area (Å²) in [5.41, 5.74) is 3.53. The van der Waals surface area contributed by atoms with E-state index in [0.29, 0.717) is 0 Å². The van der Waals surface area contributed by atoms with Crippen LogP contribution in [0.15, 0.2) is 61.1 Å². The van der Waals surface area contributed by atoms with Gasteiger partial charge in [0.25, 0.3) is 0 Å². The normalized spacial score (nSPS) is 10.4. The quantitative estimate of drug-likeness (QED) is 0.787. The van der Waals surface area contributed by atoms with E-state index in [1.807, 2.05) is 42.3 Å². The number of hydrogen-bond donors (Lipinski definition) is 1. The predicted octanol–water partition coefficient (Wildman–Crippen LogP) is 3.09. The van der Waals surface area contributed by atoms with Crippen molar-refractivity contribution in [3.8, 4) is 11.1 Å². The van der Waals surface area contributed by atoms with E-state index in [2.05, 4.69) is 39.7 Å². The van der Waals surface area contributed by atoms with Gasteiger partial charge >= 0.3 is 0 Å². The summed E-state index contributed by atoms with van der Waals surface area (Å²) in [6, 6.07) is 14.3. The lowest BCUT2D eigenvalue weighted by Crippen LogP contribution is -2.00. The molecule has 0 aliphatic heterocycles. The number of aromatic nitrogens is 3. The van der Waals surface area contributed by atoms with Crippen molar-refractivity contribution in [2.45, 2.75) is 6.54 Å². The fourth-order valence-corrected chi connectivity index (χ4v) is 2.09. The first kappa shape index (κ1) is 12.4. The Balaban J connectivity index is 1.75. The minimum Gasteiger partial charge on any atom is -0.366 e. The van der Waals surface area contributed by atoms with Crippen LogP contribution in [0.25, 0.3) is 11.1 Å². The molecule has 20 heavy (non-hydrogen) atoms. The third-order valence-corrected chi connectivity index (χ3v) is 3.10. The molecule has 3 aromatic rings. The van der Waals surface area contributed by atoms with Gasteiger partial charge in [-0.1, -0.05) is 24.3 Å². The van der Waals surface area contributed by atoms with E-state index < -0.39 is 0 Å². The van der Waals surface area contributed by atoms with Crippen molar-refractivity contribution < 1.29 is 0 Å². The smallest absolute Gasteiger partial charge is 0.126 e. The van der Waals surface area contributed by atoms with Gasteiger partial charge in [0.2, 0.25) is 0 Å². The van der Waals surface area contributed by atoms with Crippen molar-refractivity contribution in [1.82, 2.24) is 14.8 Å². The molecule has 0 aliphatic rings. The summed E-state index contributed by atoms with van der Waals surface area (Å²) in [6.07, 6.45) is 5.69. The van der Waals surface area contributed by atoms with Crippen molar-refractivity contribution in [1.29, 1.82) is 0 Å². The SMILES string of the molecule is Cn1cc(-c2cccc(CNc3ccccn3)c2)cn1. The first-order chi connectivity index (χ1) is 9.81. The molecule has 4 heteroatoms. The van der Waals surface area contributed by atoms with Crippen LogP contribution in [0.4, 0.5) is 5.82 Å². The Morgan fingerprint density at radius 3 is 2.80 bits per heavy atom. The molecule has 100 valence electrons. The van der Waals surface area contributed by atoms with Crippen LogP contribution in [0, 0.1) is 0 Å². The van der Waals surface area contributed by atoms with E-state index in [0.717, 1.165) is 17.9 Å². The number of nitrogens with zero attached hydrogens (tertiary/aromatic N) is 3. The first-order valence-electron chi connectivity index (χ1n) is 6.54. The third kappa shape index (κ3) is 2.85. The molecule has 0 spiro atoms. The minimum absolute atomic E-state index is 0.755. The molecular formula is C16H16N4. The number of anilines is 1. The van der Waals surface area contributed by atoms with Gasteiger partial charge in [-0.2, -0.15) is 5.10 Å². The van der Waals surface area contributed by atoms with Gasteiger partial charge in [-0.25, -0.2) is 4.98 Å². The van der Waals surface area contributed by atoms with Gasteiger partial charge in [0.05, 0.1) is 6.20 Å². The number of rotatable bonds is 4. The predicted molar refractivity (Wildman–Crippen MR) is 80.2 cm³/mol. The van der Waals surface area contributed by atoms with Gasteiger partial charge in [-0.15, -0.1) is 0 Å². The van der Waals surface area contributed by atoms with Gasteiger partial charge in [-0.3, -0.25) is 4.68 Å². The molecule has 1 aromatic carbocycles. The van der Waals surface area contributed by atoms with Crippen molar-refractivity contribution >= 4 is 5.82 Å². The summed E-state index contributed by atoms with van der Waals surface area (Å²) in [5.74, 6) is 0.888. The Morgan fingerprint density at radius 2 is 2.05 bits per heavy atom. The standard InChI is InChI=1S/C16H16N4/c1-20-12-15(11-19-20)14-6-4-5-13(9-14)10-18-16-7-2-3-8-17-16/h2-9,11-12H,10H2,1H3,(H,17,18). The van der Waals surface area contributed by atoms with Crippen LogP contribution in [0.1, 0.15) is 5.56 Å². The van der Waals surface area contributed by atoms with Gasteiger partial charge in [0, 0.05) is 31.5 Å². The number of pyridine rings is 1. The second-order valence-electron chi connectivity index (χ2n) is 4.67. The molecule has 2 heterocycles. The van der Waals surface area contributed by atoms with Crippen LogP contribution in [0.3, 0.4) is 0 Å². The van der Waals surface area contributed by atoms with E-state index >= 15 is 0 Å². The van der Waals surface area contributed by atoms with Crippen LogP contribution in [0.5, 0.6) is 0 Å². The van der Waals surface area contributed by atoms with Crippen LogP contribution in [-0.2, 0) is 13.6 Å². The van der Waals surface area contributed by atoms with E-state index in [1.54, 1.807) is 6.20 Å². The molecule has 0 saturated heterocycles. The fourth-order valence-electron chi connectivity index (χ4n) is 2.09. The Kier molecular flexibility index (Phi) is 3.46. The fraction of sp³-hybridized carbons (Fsp3) is 0.125. The molecule has 0 saturated carbocycles. The summed E-state index contributed by atoms with van der Waals surface area (Å²) in [5, 5.41) is 7.52. The molecule has 2 aromatic heterocycles. The lowest BCUT2D eigenvalue weighted by Gasteiger charge is -2.06. The van der Waals surface area contributed by atoms with Gasteiger partial charge in [-0.05, 0) is 29.3 Å². The van der Waals surface area contributed by atoms with Gasteiger partial charge < -0.3 is 5.32 Å². The Bertz CT molecular complexity index is 688. The van der Waals surface area contributed by atoms with Crippen molar-refractivity contribution in [3.63, 3.8) is 0 Å². The monoisotopic (exact) mass is 264 g/mol. The number of benzene rings is 1. The number of nitrogens with one attached hydrogen (secondary N) is 1. The average molecular weight is 264 g/mol. The maximum absolute atomic E-state index is 4.25. The third-order valence-electron chi connectivity index (χ3n) is 3.10. The molecule has 0 unspecified atom stereocenters. The zero-order valence-corrected chi connectivity index (χ0v) is 11.3. The largest absolute Gasteiger partial charge is 0.366 e. The van der Waals surface area contributed by atoms with Gasteiger partial charge in [0.1, 0.15) is 5.82 Å². The highest BCUT2D eigenvalue weighted by Crippen LogP contribution is 2.19. The summed E-state index contributed by atoms with van der Waals surface area (Å²) in [4.78, 5) is 4.25. The lowest BCUT2D eigenvalue weighted by atomic mass is 10.1. The van der Waals surface area contributed by atoms with E-state index in [9.17, 15) is 0 Å². The second-order valence-corrected chi connectivity index (χ2v) is 4.67.